The number of halogens is 1. The minimum absolute atomic E-state index is 0.0867. The highest BCUT2D eigenvalue weighted by molar-refractivity contribution is 6.31. The van der Waals surface area contributed by atoms with Gasteiger partial charge in [0.25, 0.3) is 5.56 Å². The summed E-state index contributed by atoms with van der Waals surface area (Å²) in [7, 11) is 0. The van der Waals surface area contributed by atoms with Crippen molar-refractivity contribution < 1.29 is 0 Å². The van der Waals surface area contributed by atoms with Gasteiger partial charge in [-0.25, -0.2) is 4.52 Å². The molecule has 0 unspecified atom stereocenters. The minimum Gasteiger partial charge on any atom is -0.308 e. The Balaban J connectivity index is 1.73. The second kappa shape index (κ2) is 6.81. The molecule has 0 saturated carbocycles. The Kier molecular flexibility index (Phi) is 4.35. The smallest absolute Gasteiger partial charge is 0.276 e. The van der Waals surface area contributed by atoms with Gasteiger partial charge in [-0.2, -0.15) is 5.10 Å². The molecule has 0 atom stereocenters. The Hall–Kier alpha value is -2.85. The first-order chi connectivity index (χ1) is 12.7. The molecule has 4 rings (SSSR count). The summed E-state index contributed by atoms with van der Waals surface area (Å²) in [6.45, 7) is 2.56. The van der Waals surface area contributed by atoms with Crippen molar-refractivity contribution in [1.82, 2.24) is 14.2 Å². The van der Waals surface area contributed by atoms with E-state index in [0.29, 0.717) is 17.1 Å². The summed E-state index contributed by atoms with van der Waals surface area (Å²) in [6.07, 6.45) is 4.55. The number of fused-ring (bicyclic) bond motifs is 1. The minimum atomic E-state index is -0.0867. The largest absolute Gasteiger partial charge is 0.308 e. The SMILES string of the molecule is CCc1ccc(-c2cc3c(=O)n(Cc4ccccc4Cl)ccn3n2)cc1. The number of nitrogens with zero attached hydrogens (tertiary/aromatic N) is 3. The van der Waals surface area contributed by atoms with Crippen LogP contribution < -0.4 is 5.56 Å². The Bertz CT molecular complexity index is 1130. The molecule has 2 heterocycles. The highest BCUT2D eigenvalue weighted by atomic mass is 35.5. The number of rotatable bonds is 4. The second-order valence-corrected chi connectivity index (χ2v) is 6.64. The van der Waals surface area contributed by atoms with Crippen LogP contribution in [0.4, 0.5) is 0 Å². The molecule has 26 heavy (non-hydrogen) atoms. The molecule has 0 fully saturated rings. The van der Waals surface area contributed by atoms with Gasteiger partial charge in [-0.15, -0.1) is 0 Å². The van der Waals surface area contributed by atoms with E-state index >= 15 is 0 Å². The van der Waals surface area contributed by atoms with E-state index in [9.17, 15) is 4.79 Å². The number of aryl methyl sites for hydroxylation is 1. The van der Waals surface area contributed by atoms with Gasteiger partial charge in [-0.05, 0) is 29.7 Å². The van der Waals surface area contributed by atoms with E-state index in [1.165, 1.54) is 5.56 Å². The van der Waals surface area contributed by atoms with Crippen LogP contribution in [0.15, 0.2) is 71.8 Å². The van der Waals surface area contributed by atoms with Crippen LogP contribution >= 0.6 is 11.6 Å². The zero-order chi connectivity index (χ0) is 18.1. The fraction of sp³-hybridized carbons (Fsp3) is 0.143. The van der Waals surface area contributed by atoms with Crippen LogP contribution in [-0.2, 0) is 13.0 Å². The van der Waals surface area contributed by atoms with Crippen molar-refractivity contribution in [3.8, 4) is 11.3 Å². The quantitative estimate of drug-likeness (QED) is 0.538. The molecule has 5 heteroatoms. The highest BCUT2D eigenvalue weighted by Gasteiger charge is 2.10. The molecule has 0 spiro atoms. The van der Waals surface area contributed by atoms with Gasteiger partial charge in [0.15, 0.2) is 0 Å². The Morgan fingerprint density at radius 3 is 2.54 bits per heavy atom. The maximum Gasteiger partial charge on any atom is 0.276 e. The molecule has 0 saturated heterocycles. The first-order valence-electron chi connectivity index (χ1n) is 8.57. The van der Waals surface area contributed by atoms with Crippen molar-refractivity contribution in [2.75, 3.05) is 0 Å². The molecule has 4 aromatic rings. The molecule has 0 amide bonds. The summed E-state index contributed by atoms with van der Waals surface area (Å²) >= 11 is 6.22. The van der Waals surface area contributed by atoms with Crippen LogP contribution in [0.3, 0.4) is 0 Å². The monoisotopic (exact) mass is 363 g/mol. The van der Waals surface area contributed by atoms with Crippen LogP contribution in [-0.4, -0.2) is 14.2 Å². The summed E-state index contributed by atoms with van der Waals surface area (Å²) in [5, 5.41) is 5.20. The lowest BCUT2D eigenvalue weighted by Crippen LogP contribution is -2.21. The van der Waals surface area contributed by atoms with Crippen molar-refractivity contribution in [3.63, 3.8) is 0 Å². The predicted molar refractivity (Wildman–Crippen MR) is 105 cm³/mol. The molecule has 2 aromatic heterocycles. The lowest BCUT2D eigenvalue weighted by atomic mass is 10.1. The molecule has 0 aliphatic carbocycles. The summed E-state index contributed by atoms with van der Waals surface area (Å²) in [5.41, 5.74) is 4.45. The van der Waals surface area contributed by atoms with Crippen LogP contribution in [0.1, 0.15) is 18.1 Å². The van der Waals surface area contributed by atoms with E-state index in [2.05, 4.69) is 24.2 Å². The van der Waals surface area contributed by atoms with Crippen LogP contribution in [0.5, 0.6) is 0 Å². The molecule has 0 radical (unpaired) electrons. The van der Waals surface area contributed by atoms with Gasteiger partial charge in [-0.3, -0.25) is 4.79 Å². The summed E-state index contributed by atoms with van der Waals surface area (Å²) in [5.74, 6) is 0. The number of hydrogen-bond donors (Lipinski definition) is 0. The van der Waals surface area contributed by atoms with Crippen molar-refractivity contribution in [3.05, 3.63) is 93.5 Å². The topological polar surface area (TPSA) is 39.3 Å². The van der Waals surface area contributed by atoms with E-state index < -0.39 is 0 Å². The third kappa shape index (κ3) is 3.04. The molecule has 4 nitrogen and oxygen atoms in total. The standard InChI is InChI=1S/C21H18ClN3O/c1-2-15-7-9-16(10-8-15)19-13-20-21(26)24(11-12-25(20)23-19)14-17-5-3-4-6-18(17)22/h3-13H,2,14H2,1H3. The van der Waals surface area contributed by atoms with Gasteiger partial charge in [0.2, 0.25) is 0 Å². The average Bonchev–Trinajstić information content (AvgIpc) is 3.11. The molecule has 0 aliphatic heterocycles. The van der Waals surface area contributed by atoms with Gasteiger partial charge in [0, 0.05) is 23.0 Å². The Labute approximate surface area is 156 Å². The first kappa shape index (κ1) is 16.6. The third-order valence-corrected chi connectivity index (χ3v) is 4.93. The van der Waals surface area contributed by atoms with Crippen LogP contribution in [0.2, 0.25) is 5.02 Å². The molecule has 0 N–H and O–H groups in total. The van der Waals surface area contributed by atoms with Crippen LogP contribution in [0, 0.1) is 0 Å². The molecule has 2 aromatic carbocycles. The first-order valence-corrected chi connectivity index (χ1v) is 8.95. The third-order valence-electron chi connectivity index (χ3n) is 4.56. The average molecular weight is 364 g/mol. The number of aromatic nitrogens is 3. The summed E-state index contributed by atoms with van der Waals surface area (Å²) in [4.78, 5) is 12.8. The van der Waals surface area contributed by atoms with Gasteiger partial charge in [0.1, 0.15) is 5.52 Å². The van der Waals surface area contributed by atoms with Crippen molar-refractivity contribution in [2.45, 2.75) is 19.9 Å². The van der Waals surface area contributed by atoms with E-state index in [1.54, 1.807) is 21.5 Å². The lowest BCUT2D eigenvalue weighted by Gasteiger charge is -2.07. The van der Waals surface area contributed by atoms with Gasteiger partial charge < -0.3 is 4.57 Å². The van der Waals surface area contributed by atoms with Gasteiger partial charge in [-0.1, -0.05) is 61.0 Å². The normalized spacial score (nSPS) is 11.2. The van der Waals surface area contributed by atoms with E-state index in [1.807, 2.05) is 42.5 Å². The lowest BCUT2D eigenvalue weighted by molar-refractivity contribution is 0.743. The Morgan fingerprint density at radius 2 is 1.81 bits per heavy atom. The molecule has 0 bridgehead atoms. The molecule has 0 aliphatic rings. The predicted octanol–water partition coefficient (Wildman–Crippen LogP) is 4.43. The second-order valence-electron chi connectivity index (χ2n) is 6.23. The highest BCUT2D eigenvalue weighted by Crippen LogP contribution is 2.20. The molecular weight excluding hydrogens is 346 g/mol. The van der Waals surface area contributed by atoms with Crippen molar-refractivity contribution >= 4 is 17.1 Å². The zero-order valence-electron chi connectivity index (χ0n) is 14.4. The fourth-order valence-electron chi connectivity index (χ4n) is 3.01. The summed E-state index contributed by atoms with van der Waals surface area (Å²) in [6, 6.07) is 17.7. The van der Waals surface area contributed by atoms with E-state index in [-0.39, 0.29) is 5.56 Å². The van der Waals surface area contributed by atoms with Gasteiger partial charge in [0.05, 0.1) is 12.2 Å². The van der Waals surface area contributed by atoms with Gasteiger partial charge >= 0.3 is 0 Å². The fourth-order valence-corrected chi connectivity index (χ4v) is 3.21. The maximum atomic E-state index is 12.8. The number of hydrogen-bond acceptors (Lipinski definition) is 2. The van der Waals surface area contributed by atoms with E-state index in [0.717, 1.165) is 23.2 Å². The number of benzene rings is 2. The molecule has 130 valence electrons. The molecular formula is C21H18ClN3O. The Morgan fingerprint density at radius 1 is 1.04 bits per heavy atom. The van der Waals surface area contributed by atoms with E-state index in [4.69, 9.17) is 11.6 Å². The summed E-state index contributed by atoms with van der Waals surface area (Å²) < 4.78 is 3.29. The van der Waals surface area contributed by atoms with Crippen LogP contribution in [0.25, 0.3) is 16.8 Å². The zero-order valence-corrected chi connectivity index (χ0v) is 15.1. The van der Waals surface area contributed by atoms with Crippen molar-refractivity contribution in [2.24, 2.45) is 0 Å². The maximum absolute atomic E-state index is 12.8. The van der Waals surface area contributed by atoms with Crippen molar-refractivity contribution in [1.29, 1.82) is 0 Å².